The van der Waals surface area contributed by atoms with Crippen molar-refractivity contribution in [3.63, 3.8) is 0 Å². The lowest BCUT2D eigenvalue weighted by atomic mass is 10.2. The molecule has 0 aliphatic carbocycles. The Hall–Kier alpha value is -1.26. The van der Waals surface area contributed by atoms with Crippen LogP contribution >= 0.6 is 11.6 Å². The maximum Gasteiger partial charge on any atom is 0.255 e. The van der Waals surface area contributed by atoms with Gasteiger partial charge in [0, 0.05) is 17.1 Å². The molecule has 5 heteroatoms. The average molecular weight is 257 g/mol. The maximum atomic E-state index is 10.7. The molecule has 1 aromatic carbocycles. The van der Waals surface area contributed by atoms with Crippen molar-refractivity contribution in [1.82, 2.24) is 5.32 Å². The van der Waals surface area contributed by atoms with Gasteiger partial charge in [-0.15, -0.1) is 0 Å². The molecule has 1 aromatic rings. The third-order valence-electron chi connectivity index (χ3n) is 2.17. The number of carbonyl (C=O) groups is 1. The number of carbonyl (C=O) groups excluding carboxylic acids is 1. The van der Waals surface area contributed by atoms with Crippen LogP contribution in [-0.2, 0) is 11.3 Å². The minimum Gasteiger partial charge on any atom is -0.483 e. The summed E-state index contributed by atoms with van der Waals surface area (Å²) in [5.74, 6) is 0.0948. The SMILES string of the molecule is CCCNCc1c(Cl)cccc1OCC(N)=O. The molecule has 3 N–H and O–H groups in total. The van der Waals surface area contributed by atoms with Gasteiger partial charge < -0.3 is 15.8 Å². The fourth-order valence-electron chi connectivity index (χ4n) is 1.38. The summed E-state index contributed by atoms with van der Waals surface area (Å²) in [6.07, 6.45) is 1.04. The van der Waals surface area contributed by atoms with Crippen molar-refractivity contribution >= 4 is 17.5 Å². The standard InChI is InChI=1S/C12H17ClN2O2/c1-2-6-15-7-9-10(13)4-3-5-11(9)17-8-12(14)16/h3-5,15H,2,6-8H2,1H3,(H2,14,16). The summed E-state index contributed by atoms with van der Waals surface area (Å²) in [7, 11) is 0. The fraction of sp³-hybridized carbons (Fsp3) is 0.417. The van der Waals surface area contributed by atoms with Gasteiger partial charge in [0.1, 0.15) is 5.75 Å². The minimum absolute atomic E-state index is 0.138. The summed E-state index contributed by atoms with van der Waals surface area (Å²) in [4.78, 5) is 10.7. The van der Waals surface area contributed by atoms with E-state index < -0.39 is 5.91 Å². The summed E-state index contributed by atoms with van der Waals surface area (Å²) in [5, 5.41) is 3.86. The predicted molar refractivity (Wildman–Crippen MR) is 68.1 cm³/mol. The highest BCUT2D eigenvalue weighted by atomic mass is 35.5. The summed E-state index contributed by atoms with van der Waals surface area (Å²) in [5.41, 5.74) is 5.89. The highest BCUT2D eigenvalue weighted by Gasteiger charge is 2.08. The van der Waals surface area contributed by atoms with Crippen LogP contribution in [0.1, 0.15) is 18.9 Å². The molecule has 0 heterocycles. The Bertz CT molecular complexity index is 383. The van der Waals surface area contributed by atoms with Gasteiger partial charge in [0.2, 0.25) is 0 Å². The molecule has 17 heavy (non-hydrogen) atoms. The van der Waals surface area contributed by atoms with Gasteiger partial charge >= 0.3 is 0 Å². The molecule has 0 aromatic heterocycles. The van der Waals surface area contributed by atoms with Gasteiger partial charge in [0.05, 0.1) is 0 Å². The third kappa shape index (κ3) is 4.63. The second-order valence-corrected chi connectivity index (χ2v) is 4.06. The second-order valence-electron chi connectivity index (χ2n) is 3.65. The van der Waals surface area contributed by atoms with Crippen LogP contribution < -0.4 is 15.8 Å². The number of halogens is 1. The normalized spacial score (nSPS) is 10.2. The molecule has 0 bridgehead atoms. The molecular weight excluding hydrogens is 240 g/mol. The van der Waals surface area contributed by atoms with Crippen molar-refractivity contribution in [2.24, 2.45) is 5.73 Å². The first-order valence-electron chi connectivity index (χ1n) is 5.54. The quantitative estimate of drug-likeness (QED) is 0.730. The first-order valence-corrected chi connectivity index (χ1v) is 5.92. The number of nitrogens with one attached hydrogen (secondary N) is 1. The van der Waals surface area contributed by atoms with Crippen LogP contribution in [0.2, 0.25) is 5.02 Å². The lowest BCUT2D eigenvalue weighted by Crippen LogP contribution is -2.21. The monoisotopic (exact) mass is 256 g/mol. The Balaban J connectivity index is 2.73. The van der Waals surface area contributed by atoms with Gasteiger partial charge in [-0.25, -0.2) is 0 Å². The molecular formula is C12H17ClN2O2. The molecule has 0 aliphatic rings. The number of benzene rings is 1. The van der Waals surface area contributed by atoms with Crippen molar-refractivity contribution in [1.29, 1.82) is 0 Å². The van der Waals surface area contributed by atoms with Crippen LogP contribution in [0.5, 0.6) is 5.75 Å². The molecule has 0 unspecified atom stereocenters. The van der Waals surface area contributed by atoms with Gasteiger partial charge in [0.25, 0.3) is 5.91 Å². The van der Waals surface area contributed by atoms with Crippen LogP contribution in [0.25, 0.3) is 0 Å². The van der Waals surface area contributed by atoms with Gasteiger partial charge in [0.15, 0.2) is 6.61 Å². The van der Waals surface area contributed by atoms with Crippen molar-refractivity contribution in [3.8, 4) is 5.75 Å². The first-order chi connectivity index (χ1) is 8.15. The number of amides is 1. The average Bonchev–Trinajstić information content (AvgIpc) is 2.29. The van der Waals surface area contributed by atoms with E-state index in [1.165, 1.54) is 0 Å². The molecule has 0 radical (unpaired) electrons. The Kier molecular flexibility index (Phi) is 5.80. The zero-order valence-corrected chi connectivity index (χ0v) is 10.6. The van der Waals surface area contributed by atoms with E-state index >= 15 is 0 Å². The molecule has 1 amide bonds. The molecule has 0 spiro atoms. The number of nitrogens with two attached hydrogens (primary N) is 1. The fourth-order valence-corrected chi connectivity index (χ4v) is 1.62. The van der Waals surface area contributed by atoms with Crippen molar-refractivity contribution in [2.45, 2.75) is 19.9 Å². The Morgan fingerprint density at radius 3 is 2.94 bits per heavy atom. The molecule has 0 aliphatic heterocycles. The van der Waals surface area contributed by atoms with E-state index in [4.69, 9.17) is 22.1 Å². The molecule has 4 nitrogen and oxygen atoms in total. The Labute approximate surface area is 106 Å². The lowest BCUT2D eigenvalue weighted by molar-refractivity contribution is -0.119. The lowest BCUT2D eigenvalue weighted by Gasteiger charge is -2.12. The highest BCUT2D eigenvalue weighted by molar-refractivity contribution is 6.31. The van der Waals surface area contributed by atoms with E-state index in [1.807, 2.05) is 0 Å². The van der Waals surface area contributed by atoms with E-state index in [2.05, 4.69) is 12.2 Å². The number of rotatable bonds is 7. The third-order valence-corrected chi connectivity index (χ3v) is 2.53. The zero-order chi connectivity index (χ0) is 12.7. The molecule has 94 valence electrons. The van der Waals surface area contributed by atoms with Crippen molar-refractivity contribution in [2.75, 3.05) is 13.2 Å². The van der Waals surface area contributed by atoms with Crippen LogP contribution in [0.4, 0.5) is 0 Å². The summed E-state index contributed by atoms with van der Waals surface area (Å²) >= 11 is 6.09. The molecule has 0 saturated heterocycles. The topological polar surface area (TPSA) is 64.3 Å². The smallest absolute Gasteiger partial charge is 0.255 e. The van der Waals surface area contributed by atoms with E-state index in [1.54, 1.807) is 18.2 Å². The number of hydrogen-bond acceptors (Lipinski definition) is 3. The molecule has 0 fully saturated rings. The molecule has 0 atom stereocenters. The first kappa shape index (κ1) is 13.8. The Morgan fingerprint density at radius 2 is 2.29 bits per heavy atom. The van der Waals surface area contributed by atoms with Gasteiger partial charge in [-0.2, -0.15) is 0 Å². The van der Waals surface area contributed by atoms with Crippen LogP contribution in [0, 0.1) is 0 Å². The predicted octanol–water partition coefficient (Wildman–Crippen LogP) is 1.70. The van der Waals surface area contributed by atoms with Crippen LogP contribution in [0.3, 0.4) is 0 Å². The summed E-state index contributed by atoms with van der Waals surface area (Å²) in [6.45, 7) is 3.47. The van der Waals surface area contributed by atoms with Crippen LogP contribution in [-0.4, -0.2) is 19.1 Å². The number of ether oxygens (including phenoxy) is 1. The van der Waals surface area contributed by atoms with Gasteiger partial charge in [-0.1, -0.05) is 24.6 Å². The summed E-state index contributed by atoms with van der Waals surface area (Å²) in [6, 6.07) is 5.35. The number of primary amides is 1. The van der Waals surface area contributed by atoms with E-state index in [0.29, 0.717) is 17.3 Å². The zero-order valence-electron chi connectivity index (χ0n) is 9.83. The Morgan fingerprint density at radius 1 is 1.53 bits per heavy atom. The molecule has 1 rings (SSSR count). The van der Waals surface area contributed by atoms with Crippen molar-refractivity contribution in [3.05, 3.63) is 28.8 Å². The van der Waals surface area contributed by atoms with E-state index in [9.17, 15) is 4.79 Å². The van der Waals surface area contributed by atoms with Crippen LogP contribution in [0.15, 0.2) is 18.2 Å². The minimum atomic E-state index is -0.502. The molecule has 0 saturated carbocycles. The highest BCUT2D eigenvalue weighted by Crippen LogP contribution is 2.26. The van der Waals surface area contributed by atoms with E-state index in [-0.39, 0.29) is 6.61 Å². The van der Waals surface area contributed by atoms with Gasteiger partial charge in [-0.3, -0.25) is 4.79 Å². The largest absolute Gasteiger partial charge is 0.483 e. The summed E-state index contributed by atoms with van der Waals surface area (Å²) < 4.78 is 5.31. The maximum absolute atomic E-state index is 10.7. The van der Waals surface area contributed by atoms with Crippen molar-refractivity contribution < 1.29 is 9.53 Å². The second kappa shape index (κ2) is 7.14. The van der Waals surface area contributed by atoms with E-state index in [0.717, 1.165) is 18.5 Å². The van der Waals surface area contributed by atoms with Gasteiger partial charge in [-0.05, 0) is 25.1 Å². The number of hydrogen-bond donors (Lipinski definition) is 2.